The predicted octanol–water partition coefficient (Wildman–Crippen LogP) is 2.53. The average Bonchev–Trinajstić information content (AvgIpc) is 3.12. The fourth-order valence-corrected chi connectivity index (χ4v) is 3.11. The molecule has 1 aliphatic rings. The minimum absolute atomic E-state index is 0.00363. The summed E-state index contributed by atoms with van der Waals surface area (Å²) in [5.74, 6) is -1.52. The molecule has 1 N–H and O–H groups in total. The molecular weight excluding hydrogens is 422 g/mol. The van der Waals surface area contributed by atoms with Gasteiger partial charge in [0.05, 0.1) is 36.1 Å². The van der Waals surface area contributed by atoms with Crippen LogP contribution >= 0.6 is 0 Å². The molecule has 1 saturated heterocycles. The maximum absolute atomic E-state index is 13.7. The number of pyridine rings is 1. The second-order valence-electron chi connectivity index (χ2n) is 6.68. The summed E-state index contributed by atoms with van der Waals surface area (Å²) in [6.07, 6.45) is -9.94. The van der Waals surface area contributed by atoms with Crippen molar-refractivity contribution in [2.24, 2.45) is 0 Å². The van der Waals surface area contributed by atoms with E-state index in [0.717, 1.165) is 11.0 Å². The van der Waals surface area contributed by atoms with Crippen molar-refractivity contribution in [1.29, 1.82) is 0 Å². The number of halogens is 6. The van der Waals surface area contributed by atoms with Crippen LogP contribution in [0.25, 0.3) is 5.82 Å². The number of hydrogen-bond acceptors (Lipinski definition) is 5. The Morgan fingerprint density at radius 2 is 1.87 bits per heavy atom. The van der Waals surface area contributed by atoms with Gasteiger partial charge in [-0.25, -0.2) is 9.67 Å². The molecule has 1 amide bonds. The van der Waals surface area contributed by atoms with E-state index < -0.39 is 59.7 Å². The van der Waals surface area contributed by atoms with Gasteiger partial charge in [-0.05, 0) is 19.1 Å². The zero-order valence-electron chi connectivity index (χ0n) is 15.4. The Balaban J connectivity index is 1.99. The number of ether oxygens (including phenoxy) is 1. The Morgan fingerprint density at radius 3 is 2.40 bits per heavy atom. The first kappa shape index (κ1) is 22.0. The van der Waals surface area contributed by atoms with E-state index in [1.54, 1.807) is 6.92 Å². The fraction of sp³-hybridized carbons (Fsp3) is 0.471. The summed E-state index contributed by atoms with van der Waals surface area (Å²) in [6.45, 7) is 1.05. The van der Waals surface area contributed by atoms with E-state index in [0.29, 0.717) is 18.5 Å². The zero-order chi connectivity index (χ0) is 22.3. The van der Waals surface area contributed by atoms with Crippen molar-refractivity contribution in [2.45, 2.75) is 31.5 Å². The highest BCUT2D eigenvalue weighted by Crippen LogP contribution is 2.35. The lowest BCUT2D eigenvalue weighted by Gasteiger charge is -2.36. The monoisotopic (exact) mass is 438 g/mol. The predicted molar refractivity (Wildman–Crippen MR) is 88.7 cm³/mol. The number of hydrogen-bond donors (Lipinski definition) is 1. The van der Waals surface area contributed by atoms with Crippen LogP contribution in [0.4, 0.5) is 26.3 Å². The summed E-state index contributed by atoms with van der Waals surface area (Å²) in [4.78, 5) is 17.3. The molecule has 0 spiro atoms. The number of aromatic nitrogens is 3. The zero-order valence-corrected chi connectivity index (χ0v) is 15.4. The van der Waals surface area contributed by atoms with Gasteiger partial charge in [0, 0.05) is 19.3 Å². The van der Waals surface area contributed by atoms with Crippen molar-refractivity contribution >= 4 is 5.91 Å². The number of rotatable bonds is 3. The van der Waals surface area contributed by atoms with E-state index in [2.05, 4.69) is 10.1 Å². The van der Waals surface area contributed by atoms with Crippen molar-refractivity contribution in [3.05, 3.63) is 41.3 Å². The quantitative estimate of drug-likeness (QED) is 0.746. The Labute approximate surface area is 165 Å². The Morgan fingerprint density at radius 1 is 1.17 bits per heavy atom. The summed E-state index contributed by atoms with van der Waals surface area (Å²) in [5, 5.41) is 12.8. The molecule has 3 heterocycles. The second kappa shape index (κ2) is 7.87. The average molecular weight is 438 g/mol. The number of morpholine rings is 1. The van der Waals surface area contributed by atoms with Gasteiger partial charge < -0.3 is 14.7 Å². The normalized spacial score (nSPS) is 20.5. The summed E-state index contributed by atoms with van der Waals surface area (Å²) in [5.41, 5.74) is -3.38. The number of carbonyl (C=O) groups excluding carboxylic acids is 1. The van der Waals surface area contributed by atoms with Crippen molar-refractivity contribution in [1.82, 2.24) is 19.7 Å². The van der Waals surface area contributed by atoms with Crippen LogP contribution in [0.3, 0.4) is 0 Å². The SMILES string of the molecule is C[C@H]1CN(C(=O)c2cnn(-c3ccc(C(F)(F)F)cn3)c2C(F)(F)F)C[C@H](CO)O1. The third-order valence-corrected chi connectivity index (χ3v) is 4.38. The molecule has 30 heavy (non-hydrogen) atoms. The lowest BCUT2D eigenvalue weighted by molar-refractivity contribution is -0.143. The van der Waals surface area contributed by atoms with Crippen LogP contribution in [-0.2, 0) is 17.1 Å². The molecule has 0 aliphatic carbocycles. The molecular formula is C17H16F6N4O3. The standard InChI is InChI=1S/C17H16F6N4O3/c1-9-6-26(7-11(8-28)30-9)15(29)12-5-25-27(14(12)17(21,22)23)13-3-2-10(4-24-13)16(18,19)20/h2-5,9,11,28H,6-8H2,1H3/t9-,11+/m0/s1. The van der Waals surface area contributed by atoms with Gasteiger partial charge in [-0.15, -0.1) is 0 Å². The molecule has 1 fully saturated rings. The molecule has 7 nitrogen and oxygen atoms in total. The van der Waals surface area contributed by atoms with Crippen molar-refractivity contribution in [3.63, 3.8) is 0 Å². The summed E-state index contributed by atoms with van der Waals surface area (Å²) >= 11 is 0. The fourth-order valence-electron chi connectivity index (χ4n) is 3.11. The third kappa shape index (κ3) is 4.41. The van der Waals surface area contributed by atoms with Crippen LogP contribution in [-0.4, -0.2) is 62.6 Å². The maximum atomic E-state index is 13.7. The molecule has 1 aliphatic heterocycles. The van der Waals surface area contributed by atoms with Crippen LogP contribution in [0.1, 0.15) is 28.5 Å². The highest BCUT2D eigenvalue weighted by atomic mass is 19.4. The van der Waals surface area contributed by atoms with Gasteiger partial charge in [-0.3, -0.25) is 4.79 Å². The molecule has 0 bridgehead atoms. The second-order valence-corrected chi connectivity index (χ2v) is 6.68. The van der Waals surface area contributed by atoms with Gasteiger partial charge in [0.15, 0.2) is 11.5 Å². The van der Waals surface area contributed by atoms with Crippen LogP contribution in [0.2, 0.25) is 0 Å². The molecule has 3 rings (SSSR count). The number of aliphatic hydroxyl groups excluding tert-OH is 1. The first-order valence-corrected chi connectivity index (χ1v) is 8.66. The smallest absolute Gasteiger partial charge is 0.394 e. The number of alkyl halides is 6. The van der Waals surface area contributed by atoms with Gasteiger partial charge in [0.2, 0.25) is 0 Å². The van der Waals surface area contributed by atoms with E-state index in [9.17, 15) is 36.2 Å². The molecule has 2 aromatic rings. The van der Waals surface area contributed by atoms with Crippen LogP contribution < -0.4 is 0 Å². The van der Waals surface area contributed by atoms with E-state index in [1.807, 2.05) is 0 Å². The molecule has 0 unspecified atom stereocenters. The topological polar surface area (TPSA) is 80.5 Å². The van der Waals surface area contributed by atoms with Crippen molar-refractivity contribution < 1.29 is 41.0 Å². The molecule has 0 aromatic carbocycles. The minimum atomic E-state index is -5.04. The number of carbonyl (C=O) groups is 1. The lowest BCUT2D eigenvalue weighted by atomic mass is 10.1. The van der Waals surface area contributed by atoms with E-state index in [1.165, 1.54) is 0 Å². The maximum Gasteiger partial charge on any atom is 0.434 e. The molecule has 164 valence electrons. The Hall–Kier alpha value is -2.67. The molecule has 0 radical (unpaired) electrons. The highest BCUT2D eigenvalue weighted by molar-refractivity contribution is 5.95. The van der Waals surface area contributed by atoms with Gasteiger partial charge in [0.25, 0.3) is 5.91 Å². The molecule has 13 heteroatoms. The summed E-state index contributed by atoms with van der Waals surface area (Å²) in [6, 6.07) is 1.30. The number of amides is 1. The molecule has 2 aromatic heterocycles. The van der Waals surface area contributed by atoms with Gasteiger partial charge in [-0.1, -0.05) is 0 Å². The van der Waals surface area contributed by atoms with Gasteiger partial charge >= 0.3 is 12.4 Å². The number of nitrogens with zero attached hydrogens (tertiary/aromatic N) is 4. The summed E-state index contributed by atoms with van der Waals surface area (Å²) in [7, 11) is 0. The molecule has 2 atom stereocenters. The van der Waals surface area contributed by atoms with Crippen LogP contribution in [0.5, 0.6) is 0 Å². The van der Waals surface area contributed by atoms with Crippen LogP contribution in [0, 0.1) is 0 Å². The Bertz CT molecular complexity index is 910. The highest BCUT2D eigenvalue weighted by Gasteiger charge is 2.42. The van der Waals surface area contributed by atoms with Gasteiger partial charge in [-0.2, -0.15) is 31.4 Å². The number of aliphatic hydroxyl groups is 1. The van der Waals surface area contributed by atoms with Gasteiger partial charge in [0.1, 0.15) is 0 Å². The van der Waals surface area contributed by atoms with E-state index >= 15 is 0 Å². The largest absolute Gasteiger partial charge is 0.434 e. The summed E-state index contributed by atoms with van der Waals surface area (Å²) < 4.78 is 84.9. The minimum Gasteiger partial charge on any atom is -0.394 e. The van der Waals surface area contributed by atoms with Crippen molar-refractivity contribution in [3.8, 4) is 5.82 Å². The first-order valence-electron chi connectivity index (χ1n) is 8.66. The van der Waals surface area contributed by atoms with E-state index in [4.69, 9.17) is 4.74 Å². The van der Waals surface area contributed by atoms with Crippen LogP contribution in [0.15, 0.2) is 24.5 Å². The Kier molecular flexibility index (Phi) is 5.78. The van der Waals surface area contributed by atoms with Crippen molar-refractivity contribution in [2.75, 3.05) is 19.7 Å². The lowest BCUT2D eigenvalue weighted by Crippen LogP contribution is -2.50. The third-order valence-electron chi connectivity index (χ3n) is 4.38. The van der Waals surface area contributed by atoms with E-state index in [-0.39, 0.29) is 17.8 Å². The molecule has 0 saturated carbocycles. The first-order chi connectivity index (χ1) is 13.9.